The van der Waals surface area contributed by atoms with E-state index in [9.17, 15) is 5.26 Å². The van der Waals surface area contributed by atoms with Gasteiger partial charge in [0.1, 0.15) is 47.3 Å². The number of imidazole rings is 1. The molecule has 0 amide bonds. The van der Waals surface area contributed by atoms with Gasteiger partial charge in [-0.2, -0.15) is 5.26 Å². The number of ether oxygens (including phenoxy) is 4. The van der Waals surface area contributed by atoms with Crippen LogP contribution in [0.3, 0.4) is 0 Å². The molecule has 0 saturated carbocycles. The normalized spacial score (nSPS) is 19.1. The van der Waals surface area contributed by atoms with Crippen molar-refractivity contribution in [3.63, 3.8) is 0 Å². The van der Waals surface area contributed by atoms with Crippen LogP contribution in [-0.2, 0) is 28.5 Å². The minimum atomic E-state index is -2.58. The van der Waals surface area contributed by atoms with Gasteiger partial charge in [0.15, 0.2) is 25.3 Å². The first kappa shape index (κ1) is 47.5. The first-order chi connectivity index (χ1) is 29.6. The number of hydrogen-bond donors (Lipinski definition) is 0. The first-order valence-electron chi connectivity index (χ1n) is 21.0. The van der Waals surface area contributed by atoms with Gasteiger partial charge in [0.2, 0.25) is 0 Å². The molecule has 0 bridgehead atoms. The van der Waals surface area contributed by atoms with Gasteiger partial charge in [-0.05, 0) is 86.8 Å². The molecule has 1 fully saturated rings. The Balaban J connectivity index is 1.54. The Morgan fingerprint density at radius 3 is 1.97 bits per heavy atom. The van der Waals surface area contributed by atoms with Crippen LogP contribution in [0.2, 0.25) is 23.3 Å². The quantitative estimate of drug-likeness (QED) is 0.0257. The van der Waals surface area contributed by atoms with E-state index in [4.69, 9.17) is 44.0 Å². The van der Waals surface area contributed by atoms with Crippen molar-refractivity contribution >= 4 is 39.6 Å². The second-order valence-corrected chi connectivity index (χ2v) is 23.8. The van der Waals surface area contributed by atoms with Gasteiger partial charge < -0.3 is 32.4 Å². The van der Waals surface area contributed by atoms with Crippen molar-refractivity contribution in [2.45, 2.75) is 115 Å². The lowest BCUT2D eigenvalue weighted by Crippen LogP contribution is -2.51. The Labute approximate surface area is 373 Å². The summed E-state index contributed by atoms with van der Waals surface area (Å²) in [4.78, 5) is 13.5. The molecule has 6 rings (SSSR count). The molecule has 0 radical (unpaired) electrons. The monoisotopic (exact) mass is 902 g/mol. The molecule has 0 spiro atoms. The standard InChI is InChI=1S/C46H60ClN6O7PSi/c1-31(2)53(32(3)4)61(57-27-15-26-48)59-41-40(60-62(10,11)45(5,6)7)38(58-44(41)52-30-51-39-42(47)49-29-50-43(39)52)28-56-46(33-16-13-12-14-17-33,34-18-22-36(54-8)23-19-34)35-20-24-37(55-9)25-21-35/h12-14,16-25,29-32,38,40-41,44H,15,27-28H2,1-11H3/t38-,40-,41-,44-,61?/m1/s1. The van der Waals surface area contributed by atoms with E-state index in [0.29, 0.717) is 11.2 Å². The number of halogens is 1. The smallest absolute Gasteiger partial charge is 0.259 e. The Bertz CT molecular complexity index is 2200. The number of fused-ring (bicyclic) bond motifs is 1. The molecular weight excluding hydrogens is 843 g/mol. The molecular formula is C46H60ClN6O7PSi. The molecule has 5 atom stereocenters. The molecule has 0 N–H and O–H groups in total. The van der Waals surface area contributed by atoms with E-state index in [2.05, 4.69) is 99.4 Å². The third-order valence-corrected chi connectivity index (χ3v) is 18.5. The van der Waals surface area contributed by atoms with Crippen LogP contribution in [0.4, 0.5) is 0 Å². The molecule has 5 aromatic rings. The van der Waals surface area contributed by atoms with E-state index in [0.717, 1.165) is 28.2 Å². The van der Waals surface area contributed by atoms with Crippen molar-refractivity contribution in [3.8, 4) is 17.6 Å². The highest BCUT2D eigenvalue weighted by atomic mass is 35.5. The topological polar surface area (TPSA) is 135 Å². The Hall–Kier alpha value is -4.00. The number of rotatable bonds is 19. The average Bonchev–Trinajstić information content (AvgIpc) is 3.82. The molecule has 1 unspecified atom stereocenters. The van der Waals surface area contributed by atoms with Gasteiger partial charge in [-0.1, -0.05) is 87.0 Å². The van der Waals surface area contributed by atoms with Crippen molar-refractivity contribution in [3.05, 3.63) is 113 Å². The molecule has 0 aliphatic carbocycles. The molecule has 62 heavy (non-hydrogen) atoms. The molecule has 16 heteroatoms. The summed E-state index contributed by atoms with van der Waals surface area (Å²) >= 11 is 6.58. The predicted molar refractivity (Wildman–Crippen MR) is 245 cm³/mol. The van der Waals surface area contributed by atoms with E-state index < -0.39 is 47.0 Å². The lowest BCUT2D eigenvalue weighted by atomic mass is 9.80. The third-order valence-electron chi connectivity index (χ3n) is 11.6. The summed E-state index contributed by atoms with van der Waals surface area (Å²) < 4.78 is 51.3. The molecule has 1 saturated heterocycles. The summed E-state index contributed by atoms with van der Waals surface area (Å²) in [5.41, 5.74) is 2.44. The first-order valence-corrected chi connectivity index (χ1v) is 25.4. The fourth-order valence-corrected chi connectivity index (χ4v) is 10.8. The van der Waals surface area contributed by atoms with Gasteiger partial charge >= 0.3 is 0 Å². The second-order valence-electron chi connectivity index (χ2n) is 17.3. The zero-order valence-electron chi connectivity index (χ0n) is 37.6. The van der Waals surface area contributed by atoms with Gasteiger partial charge in [0.25, 0.3) is 8.53 Å². The number of nitriles is 1. The maximum Gasteiger partial charge on any atom is 0.259 e. The SMILES string of the molecule is COc1ccc(C(OC[C@H]2O[C@@H](n3cnc4c(Cl)ncnc43)[C@H](OP(OCCC#N)N(C(C)C)C(C)C)[C@@H]2O[Si](C)(C)C(C)(C)C)(c2ccccc2)c2ccc(OC)cc2)cc1. The minimum Gasteiger partial charge on any atom is -0.497 e. The van der Waals surface area contributed by atoms with Gasteiger partial charge in [-0.25, -0.2) is 19.6 Å². The van der Waals surface area contributed by atoms with Gasteiger partial charge in [-0.15, -0.1) is 0 Å². The Morgan fingerprint density at radius 2 is 1.44 bits per heavy atom. The predicted octanol–water partition coefficient (Wildman–Crippen LogP) is 10.5. The van der Waals surface area contributed by atoms with E-state index in [1.807, 2.05) is 71.3 Å². The maximum absolute atomic E-state index is 9.54. The maximum atomic E-state index is 9.54. The lowest BCUT2D eigenvalue weighted by Gasteiger charge is -2.43. The zero-order valence-corrected chi connectivity index (χ0v) is 40.3. The van der Waals surface area contributed by atoms with Gasteiger partial charge in [-0.3, -0.25) is 4.57 Å². The highest BCUT2D eigenvalue weighted by molar-refractivity contribution is 7.44. The average molecular weight is 904 g/mol. The van der Waals surface area contributed by atoms with E-state index in [1.165, 1.54) is 6.33 Å². The van der Waals surface area contributed by atoms with Crippen LogP contribution in [0.25, 0.3) is 11.2 Å². The summed E-state index contributed by atoms with van der Waals surface area (Å²) in [6.07, 6.45) is 0.295. The Kier molecular flexibility index (Phi) is 15.5. The zero-order chi connectivity index (χ0) is 44.8. The van der Waals surface area contributed by atoms with Crippen molar-refractivity contribution in [1.82, 2.24) is 24.2 Å². The van der Waals surface area contributed by atoms with Crippen molar-refractivity contribution in [2.24, 2.45) is 0 Å². The second kappa shape index (κ2) is 20.2. The van der Waals surface area contributed by atoms with E-state index >= 15 is 0 Å². The highest BCUT2D eigenvalue weighted by Gasteiger charge is 2.54. The van der Waals surface area contributed by atoms with E-state index in [-0.39, 0.29) is 41.9 Å². The molecule has 3 aromatic carbocycles. The molecule has 13 nitrogen and oxygen atoms in total. The number of aromatic nitrogens is 4. The number of nitrogens with zero attached hydrogens (tertiary/aromatic N) is 6. The minimum absolute atomic E-state index is 0.0453. The van der Waals surface area contributed by atoms with Crippen LogP contribution < -0.4 is 9.47 Å². The van der Waals surface area contributed by atoms with Crippen LogP contribution >= 0.6 is 20.1 Å². The highest BCUT2D eigenvalue weighted by Crippen LogP contribution is 2.53. The van der Waals surface area contributed by atoms with Crippen molar-refractivity contribution < 1.29 is 32.4 Å². The van der Waals surface area contributed by atoms with Crippen LogP contribution in [0.5, 0.6) is 11.5 Å². The Morgan fingerprint density at radius 1 is 0.855 bits per heavy atom. The molecule has 1 aliphatic heterocycles. The summed E-state index contributed by atoms with van der Waals surface area (Å²) in [6, 6.07) is 28.3. The third kappa shape index (κ3) is 10.0. The fourth-order valence-electron chi connectivity index (χ4n) is 7.53. The van der Waals surface area contributed by atoms with Crippen LogP contribution in [0, 0.1) is 11.3 Å². The van der Waals surface area contributed by atoms with Gasteiger partial charge in [0, 0.05) is 12.1 Å². The summed E-state index contributed by atoms with van der Waals surface area (Å²) in [5.74, 6) is 1.44. The molecule has 3 heterocycles. The van der Waals surface area contributed by atoms with Crippen LogP contribution in [0.1, 0.15) is 77.8 Å². The molecule has 2 aromatic heterocycles. The lowest BCUT2D eigenvalue weighted by molar-refractivity contribution is -0.0928. The fraction of sp³-hybridized carbons (Fsp3) is 0.478. The number of methoxy groups -OCH3 is 2. The van der Waals surface area contributed by atoms with Crippen LogP contribution in [0.15, 0.2) is 91.5 Å². The summed E-state index contributed by atoms with van der Waals surface area (Å²) in [7, 11) is -1.03. The number of benzene rings is 3. The largest absolute Gasteiger partial charge is 0.497 e. The van der Waals surface area contributed by atoms with Crippen LogP contribution in [-0.4, -0.2) is 90.3 Å². The van der Waals surface area contributed by atoms with Crippen molar-refractivity contribution in [1.29, 1.82) is 5.26 Å². The molecule has 332 valence electrons. The summed E-state index contributed by atoms with van der Waals surface area (Å²) in [6.45, 7) is 19.8. The van der Waals surface area contributed by atoms with Gasteiger partial charge in [0.05, 0.1) is 46.3 Å². The molecule has 1 aliphatic rings. The number of hydrogen-bond acceptors (Lipinski definition) is 12. The van der Waals surface area contributed by atoms with E-state index in [1.54, 1.807) is 20.5 Å². The van der Waals surface area contributed by atoms with Crippen molar-refractivity contribution in [2.75, 3.05) is 27.4 Å². The summed E-state index contributed by atoms with van der Waals surface area (Å²) in [5, 5.41) is 9.58.